The highest BCUT2D eigenvalue weighted by Gasteiger charge is 2.42. The lowest BCUT2D eigenvalue weighted by molar-refractivity contribution is -0.143. The summed E-state index contributed by atoms with van der Waals surface area (Å²) in [6.45, 7) is 5.44. The number of hydrogen-bond acceptors (Lipinski definition) is 32. The summed E-state index contributed by atoms with van der Waals surface area (Å²) in [4.78, 5) is 286. The predicted octanol–water partition coefficient (Wildman–Crippen LogP) is -13.7. The number of rotatable bonds is 68. The highest BCUT2D eigenvalue weighted by Crippen LogP contribution is 2.17. The smallest absolute Gasteiger partial charge is 0.326 e. The van der Waals surface area contributed by atoms with E-state index in [1.165, 1.54) is 19.1 Å². The molecule has 2 aromatic rings. The molecule has 55 heteroatoms. The van der Waals surface area contributed by atoms with Crippen LogP contribution in [0.15, 0.2) is 60.7 Å². The number of benzene rings is 2. The summed E-state index contributed by atoms with van der Waals surface area (Å²) in [5.74, 6) is -25.3. The fourth-order valence-corrected chi connectivity index (χ4v) is 14.5. The number of carbonyl (C=O) groups is 21. The maximum atomic E-state index is 14.6. The van der Waals surface area contributed by atoms with E-state index in [4.69, 9.17) is 22.6 Å². The number of carbonyl (C=O) groups excluding carboxylic acids is 20. The van der Waals surface area contributed by atoms with E-state index in [-0.39, 0.29) is 76.3 Å². The molecule has 2 aromatic carbocycles. The first-order valence-electron chi connectivity index (χ1n) is 47.8. The largest absolute Gasteiger partial charge is 0.480 e. The van der Waals surface area contributed by atoms with Crippen molar-refractivity contribution in [1.82, 2.24) is 112 Å². The zero-order chi connectivity index (χ0) is 110. The first kappa shape index (κ1) is 126. The molecule has 0 saturated carbocycles. The lowest BCUT2D eigenvalue weighted by Crippen LogP contribution is -2.64. The Labute approximate surface area is 842 Å². The van der Waals surface area contributed by atoms with E-state index < -0.39 is 329 Å². The van der Waals surface area contributed by atoms with Crippen LogP contribution in [0.3, 0.4) is 0 Å². The molecule has 3 rings (SSSR count). The Morgan fingerprint density at radius 1 is 0.370 bits per heavy atom. The van der Waals surface area contributed by atoms with E-state index in [0.717, 1.165) is 20.8 Å². The van der Waals surface area contributed by atoms with Crippen LogP contribution in [-0.4, -0.2) is 369 Å². The third-order valence-electron chi connectivity index (χ3n) is 22.8. The van der Waals surface area contributed by atoms with Crippen LogP contribution in [0, 0.1) is 23.2 Å². The molecule has 1 aliphatic rings. The molecule has 21 atom stereocenters. The first-order chi connectivity index (χ1) is 69.0. The quantitative estimate of drug-likeness (QED) is 0.0166. The van der Waals surface area contributed by atoms with Gasteiger partial charge in [0, 0.05) is 25.8 Å². The molecule has 0 aliphatic carbocycles. The molecule has 1 saturated heterocycles. The van der Waals surface area contributed by atoms with Crippen molar-refractivity contribution >= 4 is 130 Å². The summed E-state index contributed by atoms with van der Waals surface area (Å²) < 4.78 is 0. The second kappa shape index (κ2) is 66.3. The molecule has 146 heavy (non-hydrogen) atoms. The lowest BCUT2D eigenvalue weighted by atomic mass is 9.97. The minimum atomic E-state index is -2.01. The Morgan fingerprint density at radius 2 is 0.692 bits per heavy atom. The molecule has 1 aliphatic heterocycles. The highest BCUT2D eigenvalue weighted by atomic mass is 16.4. The maximum Gasteiger partial charge on any atom is 0.326 e. The number of carboxylic acid groups (broad SMARTS) is 1. The topological polar surface area (TPSA) is 895 Å². The van der Waals surface area contributed by atoms with E-state index >= 15 is 0 Å². The van der Waals surface area contributed by atoms with Crippen LogP contribution in [0.4, 0.5) is 0 Å². The molecule has 20 amide bonds. The van der Waals surface area contributed by atoms with E-state index in [1.807, 2.05) is 0 Å². The first-order valence-corrected chi connectivity index (χ1v) is 47.8. The molecule has 1 heterocycles. The summed E-state index contributed by atoms with van der Waals surface area (Å²) in [6.07, 6.45) is -5.69. The number of aliphatic hydroxyl groups excluding tert-OH is 8. The number of aliphatic carboxylic acids is 1. The molecule has 0 unspecified atom stereocenters. The van der Waals surface area contributed by atoms with Crippen molar-refractivity contribution in [2.45, 2.75) is 273 Å². The molecule has 0 bridgehead atoms. The molecular weight excluding hydrogens is 1920 g/mol. The second-order valence-electron chi connectivity index (χ2n) is 35.9. The van der Waals surface area contributed by atoms with Gasteiger partial charge in [0.1, 0.15) is 96.7 Å². The van der Waals surface area contributed by atoms with Crippen molar-refractivity contribution < 1.29 is 147 Å². The SMILES string of the molecule is CC[C@H](C)[C@H](NC(=O)[C@@H](NC(=O)[C@H](CC(C)C)NC(=O)[C@@H](NC(=O)[C@H](Cc1ccccc1)NC(=O)[C@H](CCC(N)=O)NC(=O)[C@@H](NC(=O)CNC(=O)[C@H](CO)NC(=O)CNC(=O)[C@H](CO)NC(=O)CNC(=O)[C@H](CCCCN)NC(=O)[C@H](Cc1ccccc1)NC(=O)[C@H](CCCNC(=N)N)NC(=O)[C@H](CO)NC(=O)[C@@H]1CCCN1)[C@@H](C)O)[C@@H](C)O)[C@@H](C)O)C(=O)N[C@@H](CO)C(=O)N[C@@H](CO)C(=O)N[C@@H](CC(C)C)C(=O)O. The van der Waals surface area contributed by atoms with Gasteiger partial charge < -0.3 is 175 Å². The summed E-state index contributed by atoms with van der Waals surface area (Å²) >= 11 is 0. The van der Waals surface area contributed by atoms with Gasteiger partial charge in [-0.3, -0.25) is 101 Å². The van der Waals surface area contributed by atoms with Crippen molar-refractivity contribution in [3.05, 3.63) is 71.8 Å². The molecule has 0 radical (unpaired) electrons. The van der Waals surface area contributed by atoms with Crippen LogP contribution in [0.5, 0.6) is 0 Å². The van der Waals surface area contributed by atoms with Gasteiger partial charge in [-0.2, -0.15) is 0 Å². The molecular formula is C91H147N25O30. The van der Waals surface area contributed by atoms with Gasteiger partial charge in [0.05, 0.1) is 77.0 Å². The van der Waals surface area contributed by atoms with E-state index in [1.54, 1.807) is 83.1 Å². The van der Waals surface area contributed by atoms with Gasteiger partial charge in [-0.15, -0.1) is 0 Å². The van der Waals surface area contributed by atoms with Gasteiger partial charge in [0.15, 0.2) is 5.96 Å². The van der Waals surface area contributed by atoms with E-state index in [0.29, 0.717) is 36.9 Å². The zero-order valence-electron chi connectivity index (χ0n) is 83.1. The summed E-state index contributed by atoms with van der Waals surface area (Å²) in [5.41, 5.74) is 17.5. The van der Waals surface area contributed by atoms with Crippen LogP contribution in [0.2, 0.25) is 0 Å². The van der Waals surface area contributed by atoms with Gasteiger partial charge in [0.2, 0.25) is 118 Å². The summed E-state index contributed by atoms with van der Waals surface area (Å²) in [5, 5.41) is 150. The number of unbranched alkanes of at least 4 members (excludes halogenated alkanes) is 1. The van der Waals surface area contributed by atoms with Gasteiger partial charge in [-0.25, -0.2) is 4.79 Å². The van der Waals surface area contributed by atoms with Crippen LogP contribution >= 0.6 is 0 Å². The van der Waals surface area contributed by atoms with Gasteiger partial charge in [-0.05, 0) is 127 Å². The van der Waals surface area contributed by atoms with Crippen molar-refractivity contribution in [3.8, 4) is 0 Å². The number of carboxylic acids is 1. The fourth-order valence-electron chi connectivity index (χ4n) is 14.5. The second-order valence-corrected chi connectivity index (χ2v) is 35.9. The van der Waals surface area contributed by atoms with Gasteiger partial charge in [0.25, 0.3) is 0 Å². The number of aliphatic hydroxyl groups is 8. The molecule has 0 spiro atoms. The Hall–Kier alpha value is -13.8. The van der Waals surface area contributed by atoms with Crippen molar-refractivity contribution in [1.29, 1.82) is 5.41 Å². The minimum absolute atomic E-state index is 0.0221. The Kier molecular flexibility index (Phi) is 57.3. The minimum Gasteiger partial charge on any atom is -0.480 e. The number of nitrogens with two attached hydrogens (primary N) is 3. The number of amides is 20. The number of primary amides is 1. The lowest BCUT2D eigenvalue weighted by Gasteiger charge is -2.31. The predicted molar refractivity (Wildman–Crippen MR) is 518 cm³/mol. The molecule has 1 fully saturated rings. The monoisotopic (exact) mass is 2070 g/mol. The fraction of sp³-hybridized carbons (Fsp3) is 0.626. The van der Waals surface area contributed by atoms with Crippen LogP contribution in [0.1, 0.15) is 150 Å². The van der Waals surface area contributed by atoms with E-state index in [9.17, 15) is 147 Å². The average molecular weight is 2070 g/mol. The van der Waals surface area contributed by atoms with Gasteiger partial charge >= 0.3 is 5.97 Å². The van der Waals surface area contributed by atoms with Crippen molar-refractivity contribution in [2.24, 2.45) is 35.0 Å². The standard InChI is InChI=1S/C91H147N25O30/c1-10-47(6)70(86(141)112-65(44-121)85(140)111-64(43-120)84(139)109-60(90(145)146)34-46(4)5)114-89(144)73(50(9)124)116-81(136)57(33-45(2)3)108-88(143)72(49(8)123)115-82(137)59(36-52-23-15-12-16-24-52)107-79(134)56(28-29-66(93)125)105-87(142)71(48(7)122)113-69(128)39-100-76(131)62(41-118)102-68(127)38-99-75(130)61(40-117)101-67(126)37-98-74(129)54(25-17-18-30-92)103-80(135)58(35-51-21-13-11-14-22-51)106-78(133)55(27-20-32-97-91(94)95)104-83(138)63(42-119)110-77(132)53-26-19-31-96-53/h11-16,21-24,45-50,53-65,70-73,96,117-124H,10,17-20,25-44,92H2,1-9H3,(H2,93,125)(H,98,129)(H,99,130)(H,100,131)(H,101,126)(H,102,127)(H,103,135)(H,104,138)(H,105,142)(H,106,133)(H,107,134)(H,108,143)(H,109,139)(H,110,132)(H,111,140)(H,112,141)(H,113,128)(H,114,144)(H,115,137)(H,116,136)(H,145,146)(H4,94,95,97)/t47-,48+,49+,50+,53-,54-,55-,56-,57-,58-,59-,60-,61-,62-,63-,64-,65-,70-,71-,72-,73-/m0/s1. The molecule has 816 valence electrons. The summed E-state index contributed by atoms with van der Waals surface area (Å²) in [6, 6.07) is -11.9. The maximum absolute atomic E-state index is 14.6. The number of nitrogens with one attached hydrogen (secondary N) is 22. The Bertz CT molecular complexity index is 4670. The third kappa shape index (κ3) is 46.1. The molecule has 0 aromatic heterocycles. The summed E-state index contributed by atoms with van der Waals surface area (Å²) in [7, 11) is 0. The zero-order valence-corrected chi connectivity index (χ0v) is 83.1. The van der Waals surface area contributed by atoms with Crippen molar-refractivity contribution in [3.63, 3.8) is 0 Å². The van der Waals surface area contributed by atoms with Crippen LogP contribution in [-0.2, 0) is 114 Å². The van der Waals surface area contributed by atoms with Gasteiger partial charge in [-0.1, -0.05) is 109 Å². The van der Waals surface area contributed by atoms with Crippen LogP contribution in [0.25, 0.3) is 0 Å². The van der Waals surface area contributed by atoms with E-state index in [2.05, 4.69) is 112 Å². The molecule has 55 nitrogen and oxygen atoms in total. The third-order valence-corrected chi connectivity index (χ3v) is 22.8. The Morgan fingerprint density at radius 3 is 1.10 bits per heavy atom. The van der Waals surface area contributed by atoms with Crippen molar-refractivity contribution in [2.75, 3.05) is 72.3 Å². The average Bonchev–Trinajstić information content (AvgIpc) is 0.990. The molecule has 37 N–H and O–H groups in total. The number of guanidine groups is 1. The highest BCUT2D eigenvalue weighted by molar-refractivity contribution is 6.02. The Balaban J connectivity index is 1.74. The van der Waals surface area contributed by atoms with Crippen LogP contribution < -0.4 is 129 Å². The normalized spacial score (nSPS) is 16.3. The number of hydrogen-bond donors (Lipinski definition) is 34.